The van der Waals surface area contributed by atoms with Gasteiger partial charge in [-0.15, -0.1) is 0 Å². The maximum atomic E-state index is 12.3. The van der Waals surface area contributed by atoms with E-state index in [4.69, 9.17) is 0 Å². The molecule has 7 heteroatoms. The first-order valence-electron chi connectivity index (χ1n) is 6.82. The molecule has 0 aliphatic heterocycles. The first-order valence-corrected chi connectivity index (χ1v) is 9.10. The van der Waals surface area contributed by atoms with Crippen molar-refractivity contribution in [3.8, 4) is 0 Å². The van der Waals surface area contributed by atoms with Crippen molar-refractivity contribution in [1.82, 2.24) is 9.62 Å². The van der Waals surface area contributed by atoms with E-state index >= 15 is 0 Å². The number of hydrogen-bond donors (Lipinski definition) is 2. The van der Waals surface area contributed by atoms with Gasteiger partial charge in [0.05, 0.1) is 11.5 Å². The minimum Gasteiger partial charge on any atom is -0.392 e. The molecule has 0 saturated carbocycles. The molecular weight excluding hydrogens is 356 g/mol. The smallest absolute Gasteiger partial charge is 0.240 e. The van der Waals surface area contributed by atoms with Crippen LogP contribution in [0.2, 0.25) is 0 Å². The molecule has 0 spiro atoms. The molecule has 0 aliphatic rings. The van der Waals surface area contributed by atoms with E-state index in [1.165, 1.54) is 6.07 Å². The largest absolute Gasteiger partial charge is 0.392 e. The average molecular weight is 379 g/mol. The molecule has 21 heavy (non-hydrogen) atoms. The summed E-state index contributed by atoms with van der Waals surface area (Å²) in [6, 6.07) is 3.24. The Hall–Kier alpha value is -0.470. The Kier molecular flexibility index (Phi) is 7.29. The van der Waals surface area contributed by atoms with Gasteiger partial charge in [-0.1, -0.05) is 15.9 Å². The molecule has 0 saturated heterocycles. The van der Waals surface area contributed by atoms with Crippen LogP contribution in [0.5, 0.6) is 0 Å². The second-order valence-corrected chi connectivity index (χ2v) is 7.86. The fourth-order valence-corrected chi connectivity index (χ4v) is 3.94. The van der Waals surface area contributed by atoms with Crippen LogP contribution in [-0.4, -0.2) is 45.6 Å². The zero-order chi connectivity index (χ0) is 16.0. The molecule has 0 radical (unpaired) electrons. The Bertz CT molecular complexity index is 574. The first kappa shape index (κ1) is 18.6. The van der Waals surface area contributed by atoms with Gasteiger partial charge in [-0.3, -0.25) is 0 Å². The molecule has 0 aromatic heterocycles. The molecule has 0 heterocycles. The van der Waals surface area contributed by atoms with Crippen molar-refractivity contribution in [1.29, 1.82) is 0 Å². The molecule has 0 aliphatic carbocycles. The molecular formula is C14H23BrN2O3S. The lowest BCUT2D eigenvalue weighted by atomic mass is 10.2. The molecule has 2 N–H and O–H groups in total. The maximum absolute atomic E-state index is 12.3. The van der Waals surface area contributed by atoms with E-state index in [0.29, 0.717) is 22.1 Å². The lowest BCUT2D eigenvalue weighted by Crippen LogP contribution is -2.26. The van der Waals surface area contributed by atoms with Gasteiger partial charge in [0.15, 0.2) is 0 Å². The molecule has 5 nitrogen and oxygen atoms in total. The van der Waals surface area contributed by atoms with Crippen LogP contribution < -0.4 is 4.72 Å². The molecule has 0 amide bonds. The fourth-order valence-electron chi connectivity index (χ4n) is 1.91. The summed E-state index contributed by atoms with van der Waals surface area (Å²) in [5.41, 5.74) is 1.22. The molecule has 0 fully saturated rings. The van der Waals surface area contributed by atoms with E-state index in [-0.39, 0.29) is 11.5 Å². The van der Waals surface area contributed by atoms with Crippen molar-refractivity contribution < 1.29 is 13.5 Å². The van der Waals surface area contributed by atoms with Crippen LogP contribution in [0.1, 0.15) is 24.0 Å². The van der Waals surface area contributed by atoms with Gasteiger partial charge in [0.1, 0.15) is 0 Å². The predicted molar refractivity (Wildman–Crippen MR) is 87.8 cm³/mol. The highest BCUT2D eigenvalue weighted by Crippen LogP contribution is 2.25. The van der Waals surface area contributed by atoms with Crippen LogP contribution in [-0.2, 0) is 16.6 Å². The Balaban J connectivity index is 2.76. The number of sulfonamides is 1. The van der Waals surface area contributed by atoms with Gasteiger partial charge < -0.3 is 10.0 Å². The van der Waals surface area contributed by atoms with E-state index < -0.39 is 10.0 Å². The first-order chi connectivity index (χ1) is 9.77. The Morgan fingerprint density at radius 1 is 1.29 bits per heavy atom. The van der Waals surface area contributed by atoms with Gasteiger partial charge in [0.25, 0.3) is 0 Å². The monoisotopic (exact) mass is 378 g/mol. The third kappa shape index (κ3) is 5.67. The van der Waals surface area contributed by atoms with Crippen molar-refractivity contribution >= 4 is 26.0 Å². The number of hydrogen-bond acceptors (Lipinski definition) is 4. The van der Waals surface area contributed by atoms with Gasteiger partial charge in [-0.05, 0) is 63.7 Å². The zero-order valence-electron chi connectivity index (χ0n) is 12.7. The normalized spacial score (nSPS) is 12.1. The standard InChI is InChI=1S/C14H23BrN2O3S/c1-11-13(15)8-12(10-18)9-14(11)21(19,20)16-6-4-5-7-17(2)3/h8-9,16,18H,4-7,10H2,1-3H3. The summed E-state index contributed by atoms with van der Waals surface area (Å²) in [7, 11) is 0.432. The van der Waals surface area contributed by atoms with E-state index in [9.17, 15) is 13.5 Å². The summed E-state index contributed by atoms with van der Waals surface area (Å²) in [5, 5.41) is 9.20. The molecule has 120 valence electrons. The third-order valence-corrected chi connectivity index (χ3v) is 5.56. The molecule has 0 bridgehead atoms. The summed E-state index contributed by atoms with van der Waals surface area (Å²) in [6.07, 6.45) is 1.73. The van der Waals surface area contributed by atoms with Gasteiger partial charge in [0.2, 0.25) is 10.0 Å². The van der Waals surface area contributed by atoms with Crippen molar-refractivity contribution in [3.05, 3.63) is 27.7 Å². The van der Waals surface area contributed by atoms with Gasteiger partial charge in [-0.25, -0.2) is 13.1 Å². The topological polar surface area (TPSA) is 69.6 Å². The number of nitrogens with zero attached hydrogens (tertiary/aromatic N) is 1. The number of halogens is 1. The van der Waals surface area contributed by atoms with Gasteiger partial charge >= 0.3 is 0 Å². The van der Waals surface area contributed by atoms with Crippen molar-refractivity contribution in [2.75, 3.05) is 27.2 Å². The molecule has 1 aromatic rings. The highest BCUT2D eigenvalue weighted by atomic mass is 79.9. The molecule has 1 rings (SSSR count). The van der Waals surface area contributed by atoms with Crippen LogP contribution in [0, 0.1) is 6.92 Å². The lowest BCUT2D eigenvalue weighted by Gasteiger charge is -2.13. The van der Waals surface area contributed by atoms with Crippen molar-refractivity contribution in [3.63, 3.8) is 0 Å². The second kappa shape index (κ2) is 8.24. The maximum Gasteiger partial charge on any atom is 0.240 e. The Labute approximate surface area is 135 Å². The minimum absolute atomic E-state index is 0.190. The highest BCUT2D eigenvalue weighted by Gasteiger charge is 2.18. The fraction of sp³-hybridized carbons (Fsp3) is 0.571. The SMILES string of the molecule is Cc1c(Br)cc(CO)cc1S(=O)(=O)NCCCCN(C)C. The lowest BCUT2D eigenvalue weighted by molar-refractivity contribution is 0.281. The Morgan fingerprint density at radius 2 is 1.95 bits per heavy atom. The number of unbranched alkanes of at least 4 members (excludes halogenated alkanes) is 1. The van der Waals surface area contributed by atoms with Crippen LogP contribution in [0.15, 0.2) is 21.5 Å². The number of aliphatic hydroxyl groups is 1. The number of nitrogens with one attached hydrogen (secondary N) is 1. The molecule has 0 unspecified atom stereocenters. The molecule has 0 atom stereocenters. The molecule has 1 aromatic carbocycles. The van der Waals surface area contributed by atoms with E-state index in [1.54, 1.807) is 13.0 Å². The van der Waals surface area contributed by atoms with Crippen molar-refractivity contribution in [2.24, 2.45) is 0 Å². The van der Waals surface area contributed by atoms with Crippen LogP contribution in [0.3, 0.4) is 0 Å². The van der Waals surface area contributed by atoms with Crippen LogP contribution in [0.25, 0.3) is 0 Å². The zero-order valence-corrected chi connectivity index (χ0v) is 15.1. The summed E-state index contributed by atoms with van der Waals surface area (Å²) in [4.78, 5) is 2.29. The van der Waals surface area contributed by atoms with Gasteiger partial charge in [-0.2, -0.15) is 0 Å². The van der Waals surface area contributed by atoms with E-state index in [2.05, 4.69) is 25.6 Å². The van der Waals surface area contributed by atoms with E-state index in [0.717, 1.165) is 19.4 Å². The summed E-state index contributed by atoms with van der Waals surface area (Å²) < 4.78 is 28.0. The van der Waals surface area contributed by atoms with Crippen molar-refractivity contribution in [2.45, 2.75) is 31.3 Å². The van der Waals surface area contributed by atoms with Crippen LogP contribution >= 0.6 is 15.9 Å². The van der Waals surface area contributed by atoms with E-state index in [1.807, 2.05) is 14.1 Å². The summed E-state index contributed by atoms with van der Waals surface area (Å²) in [5.74, 6) is 0. The Morgan fingerprint density at radius 3 is 2.52 bits per heavy atom. The summed E-state index contributed by atoms with van der Waals surface area (Å²) in [6.45, 7) is 2.90. The number of benzene rings is 1. The van der Waals surface area contributed by atoms with Gasteiger partial charge in [0, 0.05) is 11.0 Å². The highest BCUT2D eigenvalue weighted by molar-refractivity contribution is 9.10. The summed E-state index contributed by atoms with van der Waals surface area (Å²) >= 11 is 3.33. The predicted octanol–water partition coefficient (Wildman–Crippen LogP) is 1.87. The van der Waals surface area contributed by atoms with Crippen LogP contribution in [0.4, 0.5) is 0 Å². The number of aliphatic hydroxyl groups excluding tert-OH is 1. The third-order valence-electron chi connectivity index (χ3n) is 3.15. The minimum atomic E-state index is -3.55. The average Bonchev–Trinajstić information content (AvgIpc) is 2.40. The second-order valence-electron chi connectivity index (χ2n) is 5.27. The number of rotatable bonds is 8. The quantitative estimate of drug-likeness (QED) is 0.677.